The standard InChI is InChI=1S/C27H49NO8/c1-3-5-6-7-8-9-10-11-12-13-14-15-17-21(30)20(28-23(31)16-4-2)19-35-27-26(34)25(33)24(32)22(18-29)36-27/h11-12,15,17,20-22,24-27,29-30,32-34H,3-10,13-14,16,18-19H2,1-2H3,(H,28,31)/b12-11+,17-15+. The minimum absolute atomic E-state index is 0.207. The second kappa shape index (κ2) is 19.7. The predicted octanol–water partition coefficient (Wildman–Crippen LogP) is 2.09. The van der Waals surface area contributed by atoms with Crippen LogP contribution >= 0.6 is 0 Å². The van der Waals surface area contributed by atoms with Gasteiger partial charge in [0.25, 0.3) is 0 Å². The molecule has 1 heterocycles. The normalized spacial score (nSPS) is 26.5. The SMILES string of the molecule is CCCCCCCC/C=C/CC/C=C/C(O)C(COC1OC(CO)C(O)C(O)C1O)NC(=O)CCC. The number of hydrogen-bond donors (Lipinski definition) is 6. The van der Waals surface area contributed by atoms with Crippen LogP contribution in [0.15, 0.2) is 24.3 Å². The minimum Gasteiger partial charge on any atom is -0.394 e. The van der Waals surface area contributed by atoms with E-state index in [0.717, 1.165) is 19.3 Å². The van der Waals surface area contributed by atoms with E-state index < -0.39 is 49.5 Å². The number of rotatable bonds is 19. The lowest BCUT2D eigenvalue weighted by Crippen LogP contribution is -2.60. The van der Waals surface area contributed by atoms with Crippen LogP contribution in [0.3, 0.4) is 0 Å². The van der Waals surface area contributed by atoms with Crippen molar-refractivity contribution in [1.82, 2.24) is 5.32 Å². The average molecular weight is 516 g/mol. The number of hydrogen-bond acceptors (Lipinski definition) is 8. The highest BCUT2D eigenvalue weighted by molar-refractivity contribution is 5.76. The van der Waals surface area contributed by atoms with Gasteiger partial charge in [0.15, 0.2) is 6.29 Å². The summed E-state index contributed by atoms with van der Waals surface area (Å²) >= 11 is 0. The van der Waals surface area contributed by atoms with Gasteiger partial charge >= 0.3 is 0 Å². The first-order valence-electron chi connectivity index (χ1n) is 13.6. The third-order valence-corrected chi connectivity index (χ3v) is 6.25. The molecule has 0 radical (unpaired) electrons. The van der Waals surface area contributed by atoms with E-state index >= 15 is 0 Å². The van der Waals surface area contributed by atoms with E-state index in [4.69, 9.17) is 9.47 Å². The molecule has 1 aliphatic rings. The highest BCUT2D eigenvalue weighted by Gasteiger charge is 2.44. The van der Waals surface area contributed by atoms with E-state index in [2.05, 4.69) is 24.4 Å². The summed E-state index contributed by atoms with van der Waals surface area (Å²) in [4.78, 5) is 12.1. The highest BCUT2D eigenvalue weighted by Crippen LogP contribution is 2.22. The quantitative estimate of drug-likeness (QED) is 0.113. The molecule has 0 aromatic carbocycles. The van der Waals surface area contributed by atoms with Crippen molar-refractivity contribution in [2.45, 2.75) is 127 Å². The van der Waals surface area contributed by atoms with Crippen LogP contribution in [0.2, 0.25) is 0 Å². The Morgan fingerprint density at radius 3 is 2.28 bits per heavy atom. The van der Waals surface area contributed by atoms with Crippen molar-refractivity contribution in [3.8, 4) is 0 Å². The smallest absolute Gasteiger partial charge is 0.220 e. The number of unbranched alkanes of at least 4 members (excludes halogenated alkanes) is 7. The molecule has 6 N–H and O–H groups in total. The third-order valence-electron chi connectivity index (χ3n) is 6.25. The topological polar surface area (TPSA) is 149 Å². The molecule has 7 atom stereocenters. The molecule has 1 aliphatic heterocycles. The summed E-state index contributed by atoms with van der Waals surface area (Å²) in [6.07, 6.45) is 11.0. The summed E-state index contributed by atoms with van der Waals surface area (Å²) < 4.78 is 10.9. The van der Waals surface area contributed by atoms with E-state index in [1.165, 1.54) is 38.5 Å². The van der Waals surface area contributed by atoms with E-state index in [9.17, 15) is 30.3 Å². The van der Waals surface area contributed by atoms with Gasteiger partial charge in [-0.3, -0.25) is 4.79 Å². The van der Waals surface area contributed by atoms with Crippen LogP contribution < -0.4 is 5.32 Å². The molecular formula is C27H49NO8. The van der Waals surface area contributed by atoms with Crippen molar-refractivity contribution in [3.05, 3.63) is 24.3 Å². The Labute approximate surface area is 216 Å². The number of aliphatic hydroxyl groups excluding tert-OH is 5. The fraction of sp³-hybridized carbons (Fsp3) is 0.815. The van der Waals surface area contributed by atoms with E-state index in [0.29, 0.717) is 6.42 Å². The Morgan fingerprint density at radius 1 is 0.917 bits per heavy atom. The zero-order valence-corrected chi connectivity index (χ0v) is 22.0. The summed E-state index contributed by atoms with van der Waals surface area (Å²) in [7, 11) is 0. The molecule has 1 rings (SSSR count). The third kappa shape index (κ3) is 12.8. The van der Waals surface area contributed by atoms with Gasteiger partial charge in [0, 0.05) is 6.42 Å². The zero-order valence-electron chi connectivity index (χ0n) is 22.0. The average Bonchev–Trinajstić information content (AvgIpc) is 2.86. The van der Waals surface area contributed by atoms with Gasteiger partial charge in [0.05, 0.1) is 25.4 Å². The van der Waals surface area contributed by atoms with E-state index in [1.54, 1.807) is 6.08 Å². The van der Waals surface area contributed by atoms with Gasteiger partial charge in [-0.15, -0.1) is 0 Å². The molecular weight excluding hydrogens is 466 g/mol. The number of nitrogens with one attached hydrogen (secondary N) is 1. The van der Waals surface area contributed by atoms with Crippen molar-refractivity contribution in [3.63, 3.8) is 0 Å². The van der Waals surface area contributed by atoms with Gasteiger partial charge in [0.1, 0.15) is 24.4 Å². The van der Waals surface area contributed by atoms with E-state index in [-0.39, 0.29) is 18.9 Å². The molecule has 0 saturated carbocycles. The van der Waals surface area contributed by atoms with Crippen LogP contribution in [0.5, 0.6) is 0 Å². The van der Waals surface area contributed by atoms with Gasteiger partial charge < -0.3 is 40.3 Å². The predicted molar refractivity (Wildman–Crippen MR) is 138 cm³/mol. The second-order valence-electron chi connectivity index (χ2n) is 9.48. The van der Waals surface area contributed by atoms with Crippen LogP contribution in [0.4, 0.5) is 0 Å². The number of carbonyl (C=O) groups excluding carboxylic acids is 1. The lowest BCUT2D eigenvalue weighted by atomic mass is 9.99. The summed E-state index contributed by atoms with van der Waals surface area (Å²) in [5.41, 5.74) is 0. The van der Waals surface area contributed by atoms with Gasteiger partial charge in [-0.25, -0.2) is 0 Å². The summed E-state index contributed by atoms with van der Waals surface area (Å²) in [5, 5.41) is 52.7. The molecule has 0 aliphatic carbocycles. The lowest BCUT2D eigenvalue weighted by molar-refractivity contribution is -0.302. The maximum atomic E-state index is 12.1. The molecule has 9 heteroatoms. The molecule has 36 heavy (non-hydrogen) atoms. The molecule has 0 bridgehead atoms. The summed E-state index contributed by atoms with van der Waals surface area (Å²) in [5.74, 6) is -0.245. The first-order valence-corrected chi connectivity index (χ1v) is 13.6. The summed E-state index contributed by atoms with van der Waals surface area (Å²) in [6, 6.07) is -0.809. The molecule has 9 nitrogen and oxygen atoms in total. The van der Waals surface area contributed by atoms with Crippen molar-refractivity contribution < 1.29 is 39.8 Å². The lowest BCUT2D eigenvalue weighted by Gasteiger charge is -2.40. The first-order chi connectivity index (χ1) is 17.3. The monoisotopic (exact) mass is 515 g/mol. The number of ether oxygens (including phenoxy) is 2. The fourth-order valence-corrected chi connectivity index (χ4v) is 3.98. The van der Waals surface area contributed by atoms with Crippen LogP contribution in [-0.2, 0) is 14.3 Å². The van der Waals surface area contributed by atoms with Crippen LogP contribution in [0.1, 0.15) is 84.5 Å². The number of amides is 1. The zero-order chi connectivity index (χ0) is 26.8. The molecule has 7 unspecified atom stereocenters. The number of aliphatic hydroxyl groups is 5. The molecule has 1 saturated heterocycles. The molecule has 1 fully saturated rings. The van der Waals surface area contributed by atoms with Crippen molar-refractivity contribution in [2.75, 3.05) is 13.2 Å². The summed E-state index contributed by atoms with van der Waals surface area (Å²) in [6.45, 7) is 3.31. The second-order valence-corrected chi connectivity index (χ2v) is 9.48. The van der Waals surface area contributed by atoms with Gasteiger partial charge in [0.2, 0.25) is 5.91 Å². The fourth-order valence-electron chi connectivity index (χ4n) is 3.98. The number of allylic oxidation sites excluding steroid dienone is 3. The van der Waals surface area contributed by atoms with E-state index in [1.807, 2.05) is 13.0 Å². The minimum atomic E-state index is -1.56. The highest BCUT2D eigenvalue weighted by atomic mass is 16.7. The Balaban J connectivity index is 2.51. The first kappa shape index (κ1) is 32.7. The largest absolute Gasteiger partial charge is 0.394 e. The molecule has 1 amide bonds. The molecule has 210 valence electrons. The Hall–Kier alpha value is -1.33. The van der Waals surface area contributed by atoms with Crippen LogP contribution in [-0.4, -0.2) is 87.5 Å². The van der Waals surface area contributed by atoms with Crippen molar-refractivity contribution in [2.24, 2.45) is 0 Å². The maximum Gasteiger partial charge on any atom is 0.220 e. The Bertz CT molecular complexity index is 627. The molecule has 0 aromatic rings. The Kier molecular flexibility index (Phi) is 17.9. The molecule has 0 aromatic heterocycles. The van der Waals surface area contributed by atoms with Crippen LogP contribution in [0.25, 0.3) is 0 Å². The van der Waals surface area contributed by atoms with Gasteiger partial charge in [-0.2, -0.15) is 0 Å². The van der Waals surface area contributed by atoms with Gasteiger partial charge in [-0.05, 0) is 32.1 Å². The van der Waals surface area contributed by atoms with Crippen molar-refractivity contribution in [1.29, 1.82) is 0 Å². The Morgan fingerprint density at radius 2 is 1.58 bits per heavy atom. The van der Waals surface area contributed by atoms with Gasteiger partial charge in [-0.1, -0.05) is 70.3 Å². The van der Waals surface area contributed by atoms with Crippen LogP contribution in [0, 0.1) is 0 Å². The van der Waals surface area contributed by atoms with Crippen molar-refractivity contribution >= 4 is 5.91 Å². The number of carbonyl (C=O) groups is 1. The maximum absolute atomic E-state index is 12.1. The molecule has 0 spiro atoms.